The molecule has 68 heavy (non-hydrogen) atoms. The van der Waals surface area contributed by atoms with Crippen molar-refractivity contribution in [3.05, 3.63) is 60.8 Å². The molecule has 396 valence electrons. The number of hydrogen-bond donors (Lipinski definition) is 2. The lowest BCUT2D eigenvalue weighted by atomic mass is 10.0. The lowest BCUT2D eigenvalue weighted by molar-refractivity contribution is -0.870. The van der Waals surface area contributed by atoms with Crippen LogP contribution in [0.15, 0.2) is 60.8 Å². The number of phosphoric ester groups is 1. The minimum atomic E-state index is -4.45. The van der Waals surface area contributed by atoms with Gasteiger partial charge in [0.2, 0.25) is 5.91 Å². The van der Waals surface area contributed by atoms with E-state index in [1.807, 2.05) is 33.3 Å². The van der Waals surface area contributed by atoms with Gasteiger partial charge >= 0.3 is 13.8 Å². The van der Waals surface area contributed by atoms with Crippen LogP contribution in [0.5, 0.6) is 0 Å². The largest absolute Gasteiger partial charge is 0.472 e. The van der Waals surface area contributed by atoms with Gasteiger partial charge < -0.3 is 19.4 Å². The molecule has 10 heteroatoms. The third-order valence-electron chi connectivity index (χ3n) is 12.3. The molecule has 0 spiro atoms. The number of amides is 1. The number of quaternary nitrogens is 1. The van der Waals surface area contributed by atoms with E-state index in [4.69, 9.17) is 13.8 Å². The van der Waals surface area contributed by atoms with Crippen LogP contribution < -0.4 is 5.32 Å². The van der Waals surface area contributed by atoms with Crippen LogP contribution in [0.3, 0.4) is 0 Å². The fraction of sp³-hybridized carbons (Fsp3) is 0.793. The Labute approximate surface area is 420 Å². The van der Waals surface area contributed by atoms with Gasteiger partial charge in [0.25, 0.3) is 0 Å². The van der Waals surface area contributed by atoms with Crippen LogP contribution in [0.4, 0.5) is 0 Å². The summed E-state index contributed by atoms with van der Waals surface area (Å²) in [5.74, 6) is -0.537. The SMILES string of the molecule is CC/C=C/C=C/C=C/CCCCCCCCCC(=O)NC(COP(=O)(O)OCC[N+](C)(C)C)C(/C=C/CCCCCCCCCCCCC)OC(=O)CCCCC/C=C\CCCCCCCCC. The molecular weight excluding hydrogens is 868 g/mol. The Kier molecular flexibility index (Phi) is 46.7. The van der Waals surface area contributed by atoms with Gasteiger partial charge in [-0.2, -0.15) is 0 Å². The highest BCUT2D eigenvalue weighted by molar-refractivity contribution is 7.47. The molecular formula is C58H108N2O7P+. The third-order valence-corrected chi connectivity index (χ3v) is 13.2. The highest BCUT2D eigenvalue weighted by Crippen LogP contribution is 2.43. The third kappa shape index (κ3) is 48.7. The predicted molar refractivity (Wildman–Crippen MR) is 291 cm³/mol. The highest BCUT2D eigenvalue weighted by atomic mass is 31.2. The molecule has 1 amide bonds. The van der Waals surface area contributed by atoms with Gasteiger partial charge in [0, 0.05) is 12.8 Å². The van der Waals surface area contributed by atoms with E-state index in [1.54, 1.807) is 0 Å². The fourth-order valence-electron chi connectivity index (χ4n) is 7.88. The maximum atomic E-state index is 13.5. The van der Waals surface area contributed by atoms with Gasteiger partial charge in [0.15, 0.2) is 0 Å². The number of rotatable bonds is 50. The zero-order valence-corrected chi connectivity index (χ0v) is 46.0. The van der Waals surface area contributed by atoms with Crippen LogP contribution in [0, 0.1) is 0 Å². The number of nitrogens with one attached hydrogen (secondary N) is 1. The van der Waals surface area contributed by atoms with Crippen molar-refractivity contribution in [2.24, 2.45) is 0 Å². The lowest BCUT2D eigenvalue weighted by Crippen LogP contribution is -2.47. The summed E-state index contributed by atoms with van der Waals surface area (Å²) in [4.78, 5) is 37.5. The van der Waals surface area contributed by atoms with E-state index in [1.165, 1.54) is 122 Å². The van der Waals surface area contributed by atoms with E-state index in [0.29, 0.717) is 23.9 Å². The summed E-state index contributed by atoms with van der Waals surface area (Å²) < 4.78 is 30.6. The summed E-state index contributed by atoms with van der Waals surface area (Å²) in [6.45, 7) is 6.86. The summed E-state index contributed by atoms with van der Waals surface area (Å²) in [7, 11) is 1.48. The maximum Gasteiger partial charge on any atom is 0.472 e. The van der Waals surface area contributed by atoms with Gasteiger partial charge in [-0.15, -0.1) is 0 Å². The van der Waals surface area contributed by atoms with Crippen LogP contribution in [0.2, 0.25) is 0 Å². The molecule has 3 atom stereocenters. The molecule has 0 aromatic rings. The number of nitrogens with zero attached hydrogens (tertiary/aromatic N) is 1. The van der Waals surface area contributed by atoms with E-state index < -0.39 is 20.0 Å². The number of ether oxygens (including phenoxy) is 1. The minimum absolute atomic E-state index is 0.0341. The molecule has 0 rings (SSSR count). The van der Waals surface area contributed by atoms with Crippen molar-refractivity contribution in [3.63, 3.8) is 0 Å². The van der Waals surface area contributed by atoms with Crippen molar-refractivity contribution in [2.75, 3.05) is 40.9 Å². The fourth-order valence-corrected chi connectivity index (χ4v) is 8.61. The first kappa shape index (κ1) is 65.7. The first-order valence-corrected chi connectivity index (χ1v) is 29.6. The molecule has 0 saturated carbocycles. The Morgan fingerprint density at radius 2 is 0.956 bits per heavy atom. The Hall–Kier alpha value is -2.29. The summed E-state index contributed by atoms with van der Waals surface area (Å²) in [5.41, 5.74) is 0. The Balaban J connectivity index is 5.43. The number of carbonyl (C=O) groups excluding carboxylic acids is 2. The Bertz CT molecular complexity index is 1350. The number of allylic oxidation sites excluding steroid dienone is 9. The van der Waals surface area contributed by atoms with E-state index in [2.05, 4.69) is 74.7 Å². The summed E-state index contributed by atoms with van der Waals surface area (Å²) in [5, 5.41) is 3.04. The molecule has 0 aromatic heterocycles. The molecule has 3 unspecified atom stereocenters. The molecule has 9 nitrogen and oxygen atoms in total. The van der Waals surface area contributed by atoms with E-state index in [0.717, 1.165) is 83.5 Å². The molecule has 0 aromatic carbocycles. The topological polar surface area (TPSA) is 111 Å². The molecule has 0 aliphatic heterocycles. The number of carbonyl (C=O) groups is 2. The zero-order chi connectivity index (χ0) is 50.1. The first-order valence-electron chi connectivity index (χ1n) is 28.1. The van der Waals surface area contributed by atoms with Crippen molar-refractivity contribution >= 4 is 19.7 Å². The van der Waals surface area contributed by atoms with Crippen molar-refractivity contribution < 1.29 is 37.3 Å². The normalized spacial score (nSPS) is 14.3. The van der Waals surface area contributed by atoms with Crippen molar-refractivity contribution in [2.45, 2.75) is 258 Å². The molecule has 0 saturated heterocycles. The van der Waals surface area contributed by atoms with E-state index >= 15 is 0 Å². The van der Waals surface area contributed by atoms with Crippen LogP contribution in [-0.4, -0.2) is 74.3 Å². The Morgan fingerprint density at radius 1 is 0.529 bits per heavy atom. The highest BCUT2D eigenvalue weighted by Gasteiger charge is 2.30. The average Bonchev–Trinajstić information content (AvgIpc) is 3.29. The second-order valence-corrected chi connectivity index (χ2v) is 21.6. The van der Waals surface area contributed by atoms with Crippen molar-refractivity contribution in [1.29, 1.82) is 0 Å². The zero-order valence-electron chi connectivity index (χ0n) is 45.1. The summed E-state index contributed by atoms with van der Waals surface area (Å²) in [6.07, 6.45) is 59.2. The molecule has 0 heterocycles. The molecule has 2 N–H and O–H groups in total. The number of unbranched alkanes of at least 4 members (excludes halogenated alkanes) is 28. The van der Waals surface area contributed by atoms with Crippen LogP contribution in [-0.2, 0) is 27.9 Å². The first-order chi connectivity index (χ1) is 32.9. The molecule has 0 radical (unpaired) electrons. The second kappa shape index (κ2) is 48.3. The van der Waals surface area contributed by atoms with Crippen LogP contribution in [0.1, 0.15) is 245 Å². The molecule has 0 aliphatic rings. The monoisotopic (exact) mass is 976 g/mol. The number of likely N-dealkylation sites (N-methyl/N-ethyl adjacent to an activating group) is 1. The minimum Gasteiger partial charge on any atom is -0.456 e. The standard InChI is InChI=1S/C58H107N2O7P/c1-7-10-13-16-19-22-25-28-30-32-35-38-41-44-47-50-57(61)59-55(54-66-68(63,64)65-53-52-60(4,5)6)56(49-46-43-40-37-34-31-27-24-21-18-15-12-9-3)67-58(62)51-48-45-42-39-36-33-29-26-23-20-17-14-11-8-2/h10,13,16,19,22,25,33,36,46,49,55-56H,7-9,11-12,14-15,17-18,20-21,23-24,26-32,34-35,37-45,47-48,50-54H2,1-6H3,(H-,59,61,63,64)/p+1/b13-10+,19-16+,25-22+,36-33-,49-46+. The predicted octanol–water partition coefficient (Wildman–Crippen LogP) is 16.7. The molecule has 0 fully saturated rings. The molecule has 0 bridgehead atoms. The number of hydrogen-bond acceptors (Lipinski definition) is 6. The maximum absolute atomic E-state index is 13.5. The smallest absolute Gasteiger partial charge is 0.456 e. The van der Waals surface area contributed by atoms with Gasteiger partial charge in [-0.3, -0.25) is 18.6 Å². The summed E-state index contributed by atoms with van der Waals surface area (Å²) >= 11 is 0. The van der Waals surface area contributed by atoms with E-state index in [9.17, 15) is 19.0 Å². The van der Waals surface area contributed by atoms with Gasteiger partial charge in [-0.05, 0) is 76.7 Å². The van der Waals surface area contributed by atoms with Crippen LogP contribution in [0.25, 0.3) is 0 Å². The second-order valence-electron chi connectivity index (χ2n) is 20.1. The van der Waals surface area contributed by atoms with Crippen molar-refractivity contribution in [3.8, 4) is 0 Å². The number of esters is 1. The van der Waals surface area contributed by atoms with Gasteiger partial charge in [0.05, 0.1) is 33.8 Å². The van der Waals surface area contributed by atoms with Crippen molar-refractivity contribution in [1.82, 2.24) is 5.32 Å². The average molecular weight is 976 g/mol. The quantitative estimate of drug-likeness (QED) is 0.0156. The number of phosphoric acid groups is 1. The molecule has 0 aliphatic carbocycles. The van der Waals surface area contributed by atoms with E-state index in [-0.39, 0.29) is 31.5 Å². The lowest BCUT2D eigenvalue weighted by Gasteiger charge is -2.27. The van der Waals surface area contributed by atoms with Gasteiger partial charge in [-0.25, -0.2) is 4.57 Å². The van der Waals surface area contributed by atoms with Gasteiger partial charge in [-0.1, -0.05) is 217 Å². The van der Waals surface area contributed by atoms with Gasteiger partial charge in [0.1, 0.15) is 19.3 Å². The summed E-state index contributed by atoms with van der Waals surface area (Å²) in [6, 6.07) is -0.860. The Morgan fingerprint density at radius 3 is 1.46 bits per heavy atom. The van der Waals surface area contributed by atoms with Crippen LogP contribution >= 0.6 is 7.82 Å².